The molecule has 0 aromatic heterocycles. The predicted octanol–water partition coefficient (Wildman–Crippen LogP) is 3.12. The Bertz CT molecular complexity index is 839. The Kier molecular flexibility index (Phi) is 13.7. The van der Waals surface area contributed by atoms with Gasteiger partial charge >= 0.3 is 0 Å². The Morgan fingerprint density at radius 2 is 1.46 bits per heavy atom. The van der Waals surface area contributed by atoms with Crippen LogP contribution in [0, 0.1) is 23.7 Å². The minimum Gasteiger partial charge on any atom is -0.393 e. The van der Waals surface area contributed by atoms with Gasteiger partial charge in [-0.15, -0.1) is 0 Å². The van der Waals surface area contributed by atoms with Crippen LogP contribution in [0.1, 0.15) is 94.9 Å². The Labute approximate surface area is 236 Å². The molecule has 226 valence electrons. The monoisotopic (exact) mass is 553 g/mol. The molecule has 0 radical (unpaired) electrons. The Morgan fingerprint density at radius 1 is 0.923 bits per heavy atom. The molecule has 9 nitrogen and oxygen atoms in total. The molecule has 1 aliphatic rings. The zero-order valence-corrected chi connectivity index (χ0v) is 26.2. The zero-order valence-electron chi connectivity index (χ0n) is 26.2. The first-order valence-electron chi connectivity index (χ1n) is 14.7. The van der Waals surface area contributed by atoms with Crippen LogP contribution in [-0.4, -0.2) is 82.9 Å². The van der Waals surface area contributed by atoms with Crippen molar-refractivity contribution >= 4 is 23.4 Å². The molecule has 3 N–H and O–H groups in total. The normalized spacial score (nSPS) is 22.5. The van der Waals surface area contributed by atoms with Crippen molar-refractivity contribution in [3.63, 3.8) is 0 Å². The molecule has 0 aromatic carbocycles. The van der Waals surface area contributed by atoms with Gasteiger partial charge in [-0.3, -0.25) is 24.1 Å². The highest BCUT2D eigenvalue weighted by atomic mass is 16.6. The minimum atomic E-state index is -1.12. The third kappa shape index (κ3) is 9.94. The van der Waals surface area contributed by atoms with Gasteiger partial charge < -0.3 is 20.5 Å². The molecule has 1 fully saturated rings. The maximum Gasteiger partial charge on any atom is 0.238 e. The molecule has 0 bridgehead atoms. The first kappa shape index (κ1) is 35.2. The summed E-state index contributed by atoms with van der Waals surface area (Å²) in [6.45, 7) is 19.4. The number of nitrogens with zero attached hydrogens (tertiary/aromatic N) is 1. The van der Waals surface area contributed by atoms with E-state index in [2.05, 4.69) is 10.6 Å². The number of nitrogens with one attached hydrogen (secondary N) is 2. The number of ketones is 2. The fraction of sp³-hybridized carbons (Fsp3) is 0.867. The second-order valence-electron chi connectivity index (χ2n) is 12.6. The number of ether oxygens (including phenoxy) is 1. The first-order chi connectivity index (χ1) is 18.0. The van der Waals surface area contributed by atoms with Crippen molar-refractivity contribution in [2.75, 3.05) is 13.7 Å². The number of amides is 2. The number of epoxide rings is 1. The zero-order chi connectivity index (χ0) is 30.2. The van der Waals surface area contributed by atoms with Crippen molar-refractivity contribution in [1.82, 2.24) is 15.5 Å². The molecule has 0 unspecified atom stereocenters. The van der Waals surface area contributed by atoms with E-state index in [-0.39, 0.29) is 47.7 Å². The predicted molar refractivity (Wildman–Crippen MR) is 153 cm³/mol. The highest BCUT2D eigenvalue weighted by molar-refractivity contribution is 5.98. The van der Waals surface area contributed by atoms with E-state index >= 15 is 0 Å². The van der Waals surface area contributed by atoms with Crippen LogP contribution in [0.15, 0.2) is 0 Å². The van der Waals surface area contributed by atoms with Crippen LogP contribution in [0.25, 0.3) is 0 Å². The Morgan fingerprint density at radius 3 is 1.87 bits per heavy atom. The number of hydrogen-bond donors (Lipinski definition) is 3. The summed E-state index contributed by atoms with van der Waals surface area (Å²) in [6, 6.07) is -1.83. The Hall–Kier alpha value is -1.84. The molecule has 0 aromatic rings. The number of Topliss-reactive ketones (excluding diaryl/α,β-unsaturated/α-hetero) is 2. The van der Waals surface area contributed by atoms with Gasteiger partial charge in [0.15, 0.2) is 11.6 Å². The number of carbonyl (C=O) groups excluding carboxylic acids is 4. The molecule has 1 saturated heterocycles. The maximum absolute atomic E-state index is 13.6. The summed E-state index contributed by atoms with van der Waals surface area (Å²) in [4.78, 5) is 55.5. The second-order valence-corrected chi connectivity index (χ2v) is 12.6. The number of likely N-dealkylation sites (N-methyl/N-ethyl adjacent to an activating group) is 1. The van der Waals surface area contributed by atoms with Crippen molar-refractivity contribution in [3.8, 4) is 0 Å². The van der Waals surface area contributed by atoms with Crippen LogP contribution in [0.3, 0.4) is 0 Å². The molecule has 0 aliphatic carbocycles. The lowest BCUT2D eigenvalue weighted by Crippen LogP contribution is -2.56. The van der Waals surface area contributed by atoms with E-state index in [0.717, 1.165) is 6.42 Å². The number of aliphatic hydroxyl groups excluding tert-OH is 1. The lowest BCUT2D eigenvalue weighted by atomic mass is 9.86. The molecule has 1 aliphatic heterocycles. The van der Waals surface area contributed by atoms with Gasteiger partial charge in [0.05, 0.1) is 36.8 Å². The van der Waals surface area contributed by atoms with Gasteiger partial charge in [-0.1, -0.05) is 54.4 Å². The summed E-state index contributed by atoms with van der Waals surface area (Å²) in [6.07, 6.45) is 0.519. The van der Waals surface area contributed by atoms with E-state index in [9.17, 15) is 24.3 Å². The standard InChI is InChI=1S/C30H55N3O6/c1-12-19(7)25(32-29(38)26(20(8)13-2)33(11)18(5)6)24(35)15-22(21(9)34)28(37)31-23(14-17(3)4)27(36)30(10)16-39-30/h17-23,25-26,34H,12-16H2,1-11H3,(H,31,37)(H,32,38)/t19-,20-,21+,22-,23-,25-,26-,30+/m0/s1. The smallest absolute Gasteiger partial charge is 0.238 e. The van der Waals surface area contributed by atoms with Crippen LogP contribution in [-0.2, 0) is 23.9 Å². The third-order valence-corrected chi connectivity index (χ3v) is 8.34. The molecule has 2 amide bonds. The topological polar surface area (TPSA) is 128 Å². The fourth-order valence-electron chi connectivity index (χ4n) is 4.83. The summed E-state index contributed by atoms with van der Waals surface area (Å²) in [5.41, 5.74) is -0.899. The van der Waals surface area contributed by atoms with Crippen LogP contribution < -0.4 is 10.6 Å². The van der Waals surface area contributed by atoms with Crippen molar-refractivity contribution in [1.29, 1.82) is 0 Å². The molecule has 1 heterocycles. The molecule has 1 rings (SSSR count). The van der Waals surface area contributed by atoms with Crippen molar-refractivity contribution in [2.45, 2.75) is 131 Å². The van der Waals surface area contributed by atoms with E-state index < -0.39 is 41.7 Å². The summed E-state index contributed by atoms with van der Waals surface area (Å²) < 4.78 is 5.31. The van der Waals surface area contributed by atoms with E-state index in [1.54, 1.807) is 6.92 Å². The van der Waals surface area contributed by atoms with Crippen LogP contribution in [0.5, 0.6) is 0 Å². The summed E-state index contributed by atoms with van der Waals surface area (Å²) in [7, 11) is 1.91. The number of carbonyl (C=O) groups is 4. The maximum atomic E-state index is 13.6. The van der Waals surface area contributed by atoms with Crippen LogP contribution in [0.2, 0.25) is 0 Å². The number of rotatable bonds is 18. The lowest BCUT2D eigenvalue weighted by molar-refractivity contribution is -0.138. The molecule has 39 heavy (non-hydrogen) atoms. The molecule has 8 atom stereocenters. The van der Waals surface area contributed by atoms with E-state index in [4.69, 9.17) is 4.74 Å². The molecular weight excluding hydrogens is 498 g/mol. The minimum absolute atomic E-state index is 0.0776. The van der Waals surface area contributed by atoms with E-state index in [0.29, 0.717) is 19.4 Å². The molecule has 9 heteroatoms. The highest BCUT2D eigenvalue weighted by Gasteiger charge is 2.50. The molecule has 0 saturated carbocycles. The largest absolute Gasteiger partial charge is 0.393 e. The first-order valence-corrected chi connectivity index (χ1v) is 14.7. The van der Waals surface area contributed by atoms with Gasteiger partial charge in [-0.05, 0) is 58.9 Å². The van der Waals surface area contributed by atoms with Gasteiger partial charge in [-0.25, -0.2) is 0 Å². The summed E-state index contributed by atoms with van der Waals surface area (Å²) in [5.74, 6) is -2.27. The van der Waals surface area contributed by atoms with Gasteiger partial charge in [0.25, 0.3) is 0 Å². The fourth-order valence-corrected chi connectivity index (χ4v) is 4.83. The van der Waals surface area contributed by atoms with Gasteiger partial charge in [-0.2, -0.15) is 0 Å². The quantitative estimate of drug-likeness (QED) is 0.223. The Balaban J connectivity index is 3.14. The van der Waals surface area contributed by atoms with Crippen LogP contribution >= 0.6 is 0 Å². The highest BCUT2D eigenvalue weighted by Crippen LogP contribution is 2.30. The number of hydrogen-bond acceptors (Lipinski definition) is 7. The molecular formula is C30H55N3O6. The van der Waals surface area contributed by atoms with Crippen molar-refractivity contribution < 1.29 is 29.0 Å². The van der Waals surface area contributed by atoms with Crippen molar-refractivity contribution in [2.24, 2.45) is 23.7 Å². The van der Waals surface area contributed by atoms with Gasteiger partial charge in [0.2, 0.25) is 11.8 Å². The summed E-state index contributed by atoms with van der Waals surface area (Å²) >= 11 is 0. The van der Waals surface area contributed by atoms with E-state index in [1.165, 1.54) is 6.92 Å². The van der Waals surface area contributed by atoms with Gasteiger partial charge in [0, 0.05) is 12.5 Å². The SMILES string of the molecule is CC[C@H](C)[C@H](NC(=O)[C@H]([C@@H](C)CC)N(C)C(C)C)C(=O)C[C@H](C(=O)N[C@@H](CC(C)C)C(=O)[C@@]1(C)CO1)[C@@H](C)O. The average Bonchev–Trinajstić information content (AvgIpc) is 3.61. The lowest BCUT2D eigenvalue weighted by Gasteiger charge is -2.36. The number of aliphatic hydroxyl groups is 1. The summed E-state index contributed by atoms with van der Waals surface area (Å²) in [5, 5.41) is 16.3. The van der Waals surface area contributed by atoms with Crippen molar-refractivity contribution in [3.05, 3.63) is 0 Å². The second kappa shape index (κ2) is 15.2. The van der Waals surface area contributed by atoms with Crippen LogP contribution in [0.4, 0.5) is 0 Å². The average molecular weight is 554 g/mol. The third-order valence-electron chi connectivity index (χ3n) is 8.34. The molecule has 0 spiro atoms. The van der Waals surface area contributed by atoms with Gasteiger partial charge in [0.1, 0.15) is 5.60 Å². The van der Waals surface area contributed by atoms with E-state index in [1.807, 2.05) is 67.3 Å².